The summed E-state index contributed by atoms with van der Waals surface area (Å²) in [5, 5.41) is 20.5. The van der Waals surface area contributed by atoms with Crippen molar-refractivity contribution in [2.24, 2.45) is 11.5 Å². The van der Waals surface area contributed by atoms with Crippen molar-refractivity contribution < 1.29 is 0 Å². The molecule has 0 atom stereocenters. The van der Waals surface area contributed by atoms with Crippen molar-refractivity contribution in [3.8, 4) is 0 Å². The summed E-state index contributed by atoms with van der Waals surface area (Å²) in [6, 6.07) is 0. The highest BCUT2D eigenvalue weighted by atomic mass is 15.0. The highest BCUT2D eigenvalue weighted by Gasteiger charge is 1.93. The van der Waals surface area contributed by atoms with Gasteiger partial charge in [-0.05, 0) is 65.0 Å². The maximum Gasteiger partial charge on any atom is 0.00767 e. The smallest absolute Gasteiger partial charge is 0.00767 e. The molecule has 0 aromatic heterocycles. The Balaban J connectivity index is 2.95. The number of rotatable bonds is 24. The molecule has 0 aromatic carbocycles. The summed E-state index contributed by atoms with van der Waals surface area (Å²) in [4.78, 5) is 0. The summed E-state index contributed by atoms with van der Waals surface area (Å²) in [6.45, 7) is 14.0. The largest absolute Gasteiger partial charge is 0.329 e. The fourth-order valence-corrected chi connectivity index (χ4v) is 2.66. The molecule has 8 nitrogen and oxygen atoms in total. The molecule has 164 valence electrons. The molecular formula is C19H48N8. The Kier molecular flexibility index (Phi) is 25.4. The van der Waals surface area contributed by atoms with E-state index in [0.717, 1.165) is 104 Å². The molecule has 0 saturated carbocycles. The lowest BCUT2D eigenvalue weighted by molar-refractivity contribution is 0.540. The molecule has 0 aliphatic carbocycles. The van der Waals surface area contributed by atoms with Gasteiger partial charge in [0.1, 0.15) is 0 Å². The first-order valence-electron chi connectivity index (χ1n) is 11.1. The highest BCUT2D eigenvalue weighted by molar-refractivity contribution is 4.57. The van der Waals surface area contributed by atoms with E-state index in [1.54, 1.807) is 0 Å². The molecule has 0 aromatic rings. The molecule has 0 fully saturated rings. The Labute approximate surface area is 167 Å². The molecule has 0 radical (unpaired) electrons. The summed E-state index contributed by atoms with van der Waals surface area (Å²) in [6.07, 6.45) is 6.14. The van der Waals surface area contributed by atoms with E-state index in [0.29, 0.717) is 0 Å². The molecule has 0 aliphatic rings. The molecule has 0 aliphatic heterocycles. The van der Waals surface area contributed by atoms with Crippen molar-refractivity contribution in [2.45, 2.75) is 32.1 Å². The van der Waals surface area contributed by atoms with Crippen LogP contribution < -0.4 is 43.4 Å². The van der Waals surface area contributed by atoms with Crippen molar-refractivity contribution in [3.63, 3.8) is 0 Å². The van der Waals surface area contributed by atoms with Gasteiger partial charge in [-0.15, -0.1) is 0 Å². The third-order valence-electron chi connectivity index (χ3n) is 4.22. The van der Waals surface area contributed by atoms with Crippen LogP contribution in [0, 0.1) is 0 Å². The Hall–Kier alpha value is -0.320. The molecule has 0 heterocycles. The van der Waals surface area contributed by atoms with Gasteiger partial charge in [0.05, 0.1) is 0 Å². The Morgan fingerprint density at radius 3 is 0.926 bits per heavy atom. The monoisotopic (exact) mass is 388 g/mol. The van der Waals surface area contributed by atoms with Gasteiger partial charge < -0.3 is 43.4 Å². The summed E-state index contributed by atoms with van der Waals surface area (Å²) >= 11 is 0. The lowest BCUT2D eigenvalue weighted by Gasteiger charge is -2.08. The van der Waals surface area contributed by atoms with Gasteiger partial charge in [0.25, 0.3) is 0 Å². The van der Waals surface area contributed by atoms with E-state index in [1.807, 2.05) is 0 Å². The number of nitrogens with one attached hydrogen (secondary N) is 6. The van der Waals surface area contributed by atoms with Gasteiger partial charge in [0.15, 0.2) is 0 Å². The minimum absolute atomic E-state index is 0.721. The van der Waals surface area contributed by atoms with Crippen molar-refractivity contribution >= 4 is 0 Å². The van der Waals surface area contributed by atoms with Crippen LogP contribution in [0.3, 0.4) is 0 Å². The first-order valence-corrected chi connectivity index (χ1v) is 11.1. The van der Waals surface area contributed by atoms with Crippen LogP contribution in [0.4, 0.5) is 0 Å². The van der Waals surface area contributed by atoms with Crippen LogP contribution in [0.1, 0.15) is 32.1 Å². The highest BCUT2D eigenvalue weighted by Crippen LogP contribution is 1.91. The maximum atomic E-state index is 5.42. The molecule has 0 amide bonds. The fourth-order valence-electron chi connectivity index (χ4n) is 2.66. The Morgan fingerprint density at radius 1 is 0.296 bits per heavy atom. The molecule has 0 bridgehead atoms. The van der Waals surface area contributed by atoms with Crippen LogP contribution in [-0.4, -0.2) is 91.6 Å². The SMILES string of the molecule is NCCNCCCNCCNCCCCCNCCNCCCNCCN. The van der Waals surface area contributed by atoms with Crippen LogP contribution in [0.5, 0.6) is 0 Å². The quantitative estimate of drug-likeness (QED) is 0.0929. The first-order chi connectivity index (χ1) is 13.4. The van der Waals surface area contributed by atoms with Crippen molar-refractivity contribution in [3.05, 3.63) is 0 Å². The fraction of sp³-hybridized carbons (Fsp3) is 1.00. The predicted octanol–water partition coefficient (Wildman–Crippen LogP) is -1.61. The second-order valence-corrected chi connectivity index (χ2v) is 6.85. The molecular weight excluding hydrogens is 340 g/mol. The molecule has 8 heteroatoms. The maximum absolute atomic E-state index is 5.42. The zero-order valence-corrected chi connectivity index (χ0v) is 17.6. The van der Waals surface area contributed by atoms with Gasteiger partial charge in [0, 0.05) is 52.4 Å². The first kappa shape index (κ1) is 26.7. The number of nitrogens with two attached hydrogens (primary N) is 2. The third-order valence-corrected chi connectivity index (χ3v) is 4.22. The van der Waals surface area contributed by atoms with E-state index >= 15 is 0 Å². The van der Waals surface area contributed by atoms with Crippen LogP contribution in [-0.2, 0) is 0 Å². The van der Waals surface area contributed by atoms with E-state index in [9.17, 15) is 0 Å². The van der Waals surface area contributed by atoms with E-state index in [1.165, 1.54) is 19.3 Å². The molecule has 10 N–H and O–H groups in total. The van der Waals surface area contributed by atoms with Crippen LogP contribution in [0.15, 0.2) is 0 Å². The van der Waals surface area contributed by atoms with E-state index in [-0.39, 0.29) is 0 Å². The topological polar surface area (TPSA) is 124 Å². The molecule has 0 rings (SSSR count). The van der Waals surface area contributed by atoms with Crippen LogP contribution >= 0.6 is 0 Å². The molecule has 0 saturated heterocycles. The average molecular weight is 389 g/mol. The van der Waals surface area contributed by atoms with E-state index in [4.69, 9.17) is 11.5 Å². The van der Waals surface area contributed by atoms with Gasteiger partial charge >= 0.3 is 0 Å². The summed E-state index contributed by atoms with van der Waals surface area (Å²) in [7, 11) is 0. The second-order valence-electron chi connectivity index (χ2n) is 6.85. The normalized spacial score (nSPS) is 11.3. The summed E-state index contributed by atoms with van der Waals surface area (Å²) < 4.78 is 0. The van der Waals surface area contributed by atoms with Crippen molar-refractivity contribution in [1.29, 1.82) is 0 Å². The number of hydrogen-bond donors (Lipinski definition) is 8. The number of hydrogen-bond acceptors (Lipinski definition) is 8. The average Bonchev–Trinajstić information content (AvgIpc) is 2.68. The van der Waals surface area contributed by atoms with Crippen LogP contribution in [0.25, 0.3) is 0 Å². The van der Waals surface area contributed by atoms with Gasteiger partial charge in [-0.1, -0.05) is 6.42 Å². The zero-order valence-electron chi connectivity index (χ0n) is 17.6. The standard InChI is InChI=1S/C19H48N8/c20-6-14-22-10-4-12-26-18-16-24-8-2-1-3-9-25-17-19-27-13-5-11-23-15-7-21/h22-27H,1-21H2. The van der Waals surface area contributed by atoms with E-state index < -0.39 is 0 Å². The second kappa shape index (κ2) is 25.7. The zero-order chi connectivity index (χ0) is 19.7. The lowest BCUT2D eigenvalue weighted by atomic mass is 10.2. The minimum atomic E-state index is 0.721. The van der Waals surface area contributed by atoms with Crippen molar-refractivity contribution in [1.82, 2.24) is 31.9 Å². The van der Waals surface area contributed by atoms with Gasteiger partial charge in [-0.3, -0.25) is 0 Å². The van der Waals surface area contributed by atoms with Gasteiger partial charge in [0.2, 0.25) is 0 Å². The number of unbranched alkanes of at least 4 members (excludes halogenated alkanes) is 2. The van der Waals surface area contributed by atoms with Gasteiger partial charge in [-0.2, -0.15) is 0 Å². The Morgan fingerprint density at radius 2 is 0.593 bits per heavy atom. The molecule has 0 unspecified atom stereocenters. The lowest BCUT2D eigenvalue weighted by Crippen LogP contribution is -2.31. The van der Waals surface area contributed by atoms with Crippen molar-refractivity contribution in [2.75, 3.05) is 91.6 Å². The summed E-state index contributed by atoms with van der Waals surface area (Å²) in [5.41, 5.74) is 10.8. The molecule has 27 heavy (non-hydrogen) atoms. The predicted molar refractivity (Wildman–Crippen MR) is 118 cm³/mol. The third kappa shape index (κ3) is 25.7. The van der Waals surface area contributed by atoms with Crippen LogP contribution in [0.2, 0.25) is 0 Å². The Bertz CT molecular complexity index is 232. The minimum Gasteiger partial charge on any atom is -0.329 e. The van der Waals surface area contributed by atoms with Gasteiger partial charge in [-0.25, -0.2) is 0 Å². The summed E-state index contributed by atoms with van der Waals surface area (Å²) in [5.74, 6) is 0. The molecule has 0 spiro atoms. The van der Waals surface area contributed by atoms with E-state index in [2.05, 4.69) is 31.9 Å².